The lowest BCUT2D eigenvalue weighted by atomic mass is 10.2. The standard InChI is InChI=1S/C21H24N4O6/c1-6-7-16(30-4)11-15(12-29-3)25-13(2)19(23-24-25)20(27)22-17-10-14(21(28)31-5)8-9-18(17)26/h6-12,26H,1-5H3,(H,22,27)/b7-6-,15-12-,16-11+. The van der Waals surface area contributed by atoms with Gasteiger partial charge >= 0.3 is 5.97 Å². The Morgan fingerprint density at radius 1 is 1.19 bits per heavy atom. The van der Waals surface area contributed by atoms with Crippen LogP contribution in [-0.4, -0.2) is 53.3 Å². The first-order valence-electron chi connectivity index (χ1n) is 9.12. The van der Waals surface area contributed by atoms with Crippen LogP contribution in [0, 0.1) is 6.92 Å². The van der Waals surface area contributed by atoms with E-state index in [-0.39, 0.29) is 22.7 Å². The summed E-state index contributed by atoms with van der Waals surface area (Å²) < 4.78 is 16.5. The Balaban J connectivity index is 2.37. The van der Waals surface area contributed by atoms with Gasteiger partial charge in [0.2, 0.25) is 0 Å². The van der Waals surface area contributed by atoms with Gasteiger partial charge in [0.1, 0.15) is 23.5 Å². The molecule has 0 fully saturated rings. The van der Waals surface area contributed by atoms with Crippen molar-refractivity contribution in [3.05, 3.63) is 65.4 Å². The number of esters is 1. The van der Waals surface area contributed by atoms with E-state index in [9.17, 15) is 14.7 Å². The molecule has 2 rings (SSSR count). The molecule has 1 aromatic heterocycles. The molecule has 1 amide bonds. The second kappa shape index (κ2) is 10.6. The molecule has 0 saturated carbocycles. The summed E-state index contributed by atoms with van der Waals surface area (Å²) in [5.41, 5.74) is 1.10. The van der Waals surface area contributed by atoms with Crippen molar-refractivity contribution < 1.29 is 28.9 Å². The summed E-state index contributed by atoms with van der Waals surface area (Å²) in [4.78, 5) is 24.5. The summed E-state index contributed by atoms with van der Waals surface area (Å²) in [6.07, 6.45) is 6.65. The van der Waals surface area contributed by atoms with Gasteiger partial charge in [0, 0.05) is 6.08 Å². The van der Waals surface area contributed by atoms with Crippen LogP contribution in [0.25, 0.3) is 5.70 Å². The molecule has 1 aromatic carbocycles. The normalized spacial score (nSPS) is 12.0. The highest BCUT2D eigenvalue weighted by Crippen LogP contribution is 2.25. The number of methoxy groups -OCH3 is 3. The van der Waals surface area contributed by atoms with Crippen molar-refractivity contribution in [1.82, 2.24) is 15.0 Å². The summed E-state index contributed by atoms with van der Waals surface area (Å²) in [5, 5.41) is 20.5. The van der Waals surface area contributed by atoms with Crippen molar-refractivity contribution in [3.63, 3.8) is 0 Å². The number of carbonyl (C=O) groups excluding carboxylic acids is 2. The number of rotatable bonds is 8. The number of ether oxygens (including phenoxy) is 3. The molecule has 31 heavy (non-hydrogen) atoms. The molecule has 1 heterocycles. The van der Waals surface area contributed by atoms with Crippen LogP contribution in [0.1, 0.15) is 33.5 Å². The molecule has 0 bridgehead atoms. The third-order valence-corrected chi connectivity index (χ3v) is 4.12. The number of aromatic nitrogens is 3. The number of phenolic OH excluding ortho intramolecular Hbond substituents is 1. The van der Waals surface area contributed by atoms with Crippen molar-refractivity contribution in [2.45, 2.75) is 13.8 Å². The van der Waals surface area contributed by atoms with Crippen LogP contribution in [0.2, 0.25) is 0 Å². The molecular weight excluding hydrogens is 404 g/mol. The van der Waals surface area contributed by atoms with Gasteiger partial charge in [-0.2, -0.15) is 0 Å². The number of anilines is 1. The maximum Gasteiger partial charge on any atom is 0.337 e. The van der Waals surface area contributed by atoms with Crippen LogP contribution in [0.3, 0.4) is 0 Å². The quantitative estimate of drug-likeness (QED) is 0.285. The smallest absolute Gasteiger partial charge is 0.337 e. The first kappa shape index (κ1) is 23.2. The number of aromatic hydroxyl groups is 1. The minimum atomic E-state index is -0.623. The van der Waals surface area contributed by atoms with Gasteiger partial charge in [0.15, 0.2) is 5.69 Å². The van der Waals surface area contributed by atoms with Crippen molar-refractivity contribution in [1.29, 1.82) is 0 Å². The molecule has 0 aliphatic carbocycles. The lowest BCUT2D eigenvalue weighted by Crippen LogP contribution is -2.15. The number of nitrogens with zero attached hydrogens (tertiary/aromatic N) is 3. The Labute approximate surface area is 179 Å². The highest BCUT2D eigenvalue weighted by Gasteiger charge is 2.20. The van der Waals surface area contributed by atoms with Crippen LogP contribution in [0.5, 0.6) is 5.75 Å². The van der Waals surface area contributed by atoms with Crippen molar-refractivity contribution in [3.8, 4) is 5.75 Å². The van der Waals surface area contributed by atoms with Gasteiger partial charge in [-0.05, 0) is 38.1 Å². The highest BCUT2D eigenvalue weighted by molar-refractivity contribution is 6.05. The molecular formula is C21H24N4O6. The predicted molar refractivity (Wildman–Crippen MR) is 113 cm³/mol. The van der Waals surface area contributed by atoms with Crippen LogP contribution in [0.15, 0.2) is 48.4 Å². The first-order valence-corrected chi connectivity index (χ1v) is 9.12. The largest absolute Gasteiger partial charge is 0.506 e. The van der Waals surface area contributed by atoms with Gasteiger partial charge in [-0.25, -0.2) is 9.48 Å². The van der Waals surface area contributed by atoms with Gasteiger partial charge in [0.05, 0.1) is 38.3 Å². The SMILES string of the molecule is C\C=C/C(=C\C(=C\OC)n1nnc(C(=O)Nc2cc(C(=O)OC)ccc2O)c1C)OC. The van der Waals surface area contributed by atoms with E-state index in [1.165, 1.54) is 50.5 Å². The predicted octanol–water partition coefficient (Wildman–Crippen LogP) is 2.88. The summed E-state index contributed by atoms with van der Waals surface area (Å²) in [6.45, 7) is 3.50. The topological polar surface area (TPSA) is 125 Å². The molecule has 2 N–H and O–H groups in total. The highest BCUT2D eigenvalue weighted by atomic mass is 16.5. The third-order valence-electron chi connectivity index (χ3n) is 4.12. The zero-order valence-electron chi connectivity index (χ0n) is 17.9. The molecule has 0 unspecified atom stereocenters. The summed E-state index contributed by atoms with van der Waals surface area (Å²) in [7, 11) is 4.24. The number of carbonyl (C=O) groups is 2. The fraction of sp³-hybridized carbons (Fsp3) is 0.238. The van der Waals surface area contributed by atoms with Gasteiger partial charge in [-0.3, -0.25) is 4.79 Å². The van der Waals surface area contributed by atoms with E-state index in [2.05, 4.69) is 20.4 Å². The number of nitrogens with one attached hydrogen (secondary N) is 1. The Kier molecular flexibility index (Phi) is 7.95. The number of benzene rings is 1. The number of phenols is 1. The molecule has 164 valence electrons. The van der Waals surface area contributed by atoms with Crippen molar-refractivity contribution in [2.75, 3.05) is 26.6 Å². The number of amides is 1. The van der Waals surface area contributed by atoms with Crippen molar-refractivity contribution >= 4 is 23.3 Å². The minimum Gasteiger partial charge on any atom is -0.506 e. The van der Waals surface area contributed by atoms with Gasteiger partial charge in [-0.1, -0.05) is 11.3 Å². The molecule has 0 aliphatic heterocycles. The fourth-order valence-corrected chi connectivity index (χ4v) is 2.60. The molecule has 0 radical (unpaired) electrons. The monoisotopic (exact) mass is 428 g/mol. The van der Waals surface area contributed by atoms with Crippen LogP contribution >= 0.6 is 0 Å². The van der Waals surface area contributed by atoms with E-state index >= 15 is 0 Å². The second-order valence-electron chi connectivity index (χ2n) is 6.14. The number of hydrogen-bond acceptors (Lipinski definition) is 8. The first-order chi connectivity index (χ1) is 14.9. The Morgan fingerprint density at radius 3 is 2.55 bits per heavy atom. The fourth-order valence-electron chi connectivity index (χ4n) is 2.60. The molecule has 10 heteroatoms. The maximum atomic E-state index is 12.8. The van der Waals surface area contributed by atoms with Gasteiger partial charge < -0.3 is 24.6 Å². The average Bonchev–Trinajstić information content (AvgIpc) is 3.15. The number of allylic oxidation sites excluding steroid dienone is 4. The molecule has 10 nitrogen and oxygen atoms in total. The molecule has 0 atom stereocenters. The summed E-state index contributed by atoms with van der Waals surface area (Å²) in [5.74, 6) is -0.905. The summed E-state index contributed by atoms with van der Waals surface area (Å²) in [6, 6.07) is 3.97. The van der Waals surface area contributed by atoms with Crippen LogP contribution in [0.4, 0.5) is 5.69 Å². The van der Waals surface area contributed by atoms with E-state index in [4.69, 9.17) is 9.47 Å². The van der Waals surface area contributed by atoms with Crippen LogP contribution < -0.4 is 5.32 Å². The molecule has 0 saturated heterocycles. The summed E-state index contributed by atoms with van der Waals surface area (Å²) >= 11 is 0. The van der Waals surface area contributed by atoms with Crippen LogP contribution in [-0.2, 0) is 14.2 Å². The zero-order valence-corrected chi connectivity index (χ0v) is 17.9. The second-order valence-corrected chi connectivity index (χ2v) is 6.14. The van der Waals surface area contributed by atoms with Gasteiger partial charge in [-0.15, -0.1) is 5.10 Å². The van der Waals surface area contributed by atoms with E-state index in [1.54, 1.807) is 19.1 Å². The number of hydrogen-bond donors (Lipinski definition) is 2. The van der Waals surface area contributed by atoms with E-state index in [0.717, 1.165) is 0 Å². The lowest BCUT2D eigenvalue weighted by molar-refractivity contribution is 0.0600. The third kappa shape index (κ3) is 5.50. The Morgan fingerprint density at radius 2 is 1.94 bits per heavy atom. The zero-order chi connectivity index (χ0) is 23.0. The van der Waals surface area contributed by atoms with E-state index in [0.29, 0.717) is 17.2 Å². The van der Waals surface area contributed by atoms with E-state index in [1.807, 2.05) is 13.0 Å². The van der Waals surface area contributed by atoms with Crippen molar-refractivity contribution in [2.24, 2.45) is 0 Å². The average molecular weight is 428 g/mol. The molecule has 0 spiro atoms. The maximum absolute atomic E-state index is 12.8. The van der Waals surface area contributed by atoms with Gasteiger partial charge in [0.25, 0.3) is 5.91 Å². The Hall–Kier alpha value is -4.08. The van der Waals surface area contributed by atoms with E-state index < -0.39 is 11.9 Å². The molecule has 0 aliphatic rings. The minimum absolute atomic E-state index is 0.0169. The Bertz CT molecular complexity index is 1050. The molecule has 2 aromatic rings. The lowest BCUT2D eigenvalue weighted by Gasteiger charge is -2.09.